The van der Waals surface area contributed by atoms with E-state index in [1.807, 2.05) is 0 Å². The third-order valence-corrected chi connectivity index (χ3v) is 7.85. The Kier molecular flexibility index (Phi) is 14.6. The van der Waals surface area contributed by atoms with Gasteiger partial charge in [0.2, 0.25) is 0 Å². The molecule has 21 heteroatoms. The van der Waals surface area contributed by atoms with Gasteiger partial charge in [0.05, 0.1) is 33.0 Å². The highest BCUT2D eigenvalue weighted by Gasteiger charge is 2.54. The van der Waals surface area contributed by atoms with E-state index < -0.39 is 150 Å². The second-order valence-corrected chi connectivity index (χ2v) is 10.9. The first-order chi connectivity index (χ1) is 21.2. The van der Waals surface area contributed by atoms with Crippen molar-refractivity contribution >= 4 is 0 Å². The zero-order chi connectivity index (χ0) is 33.7. The van der Waals surface area contributed by atoms with Crippen LogP contribution in [0, 0.1) is 0 Å². The average Bonchev–Trinajstić information content (AvgIpc) is 3.04. The molecule has 0 aliphatic carbocycles. The van der Waals surface area contributed by atoms with Crippen molar-refractivity contribution in [2.75, 3.05) is 33.0 Å². The van der Waals surface area contributed by atoms with Gasteiger partial charge < -0.3 is 105 Å². The number of aliphatic hydroxyl groups excluding tert-OH is 15. The Morgan fingerprint density at radius 2 is 0.867 bits per heavy atom. The van der Waals surface area contributed by atoms with Crippen molar-refractivity contribution in [2.45, 2.75) is 117 Å². The SMILES string of the molecule is OC[C@@H](O)[C@@H](O[C@@H]1O[C@H](CO)[C@@H](O[C@@H]2O[C@H](CO)[C@@H](O[C@@H]3O[C@H](CO)[C@@H](O)[C@H](O)[C@H]3O)[C@H](O)[C@H]2O)[C@H](O)[C@H]1O)[C@H](O)[C@@H](O)CO. The summed E-state index contributed by atoms with van der Waals surface area (Å²) in [6.45, 7) is -4.63. The molecule has 0 radical (unpaired) electrons. The van der Waals surface area contributed by atoms with Gasteiger partial charge in [-0.3, -0.25) is 0 Å². The smallest absolute Gasteiger partial charge is 0.187 e. The lowest BCUT2D eigenvalue weighted by Crippen LogP contribution is -2.67. The van der Waals surface area contributed by atoms with Crippen LogP contribution in [0.25, 0.3) is 0 Å². The van der Waals surface area contributed by atoms with Crippen molar-refractivity contribution in [3.05, 3.63) is 0 Å². The fraction of sp³-hybridized carbons (Fsp3) is 1.00. The minimum atomic E-state index is -2.08. The minimum absolute atomic E-state index is 0.792. The fourth-order valence-electron chi connectivity index (χ4n) is 5.14. The van der Waals surface area contributed by atoms with Gasteiger partial charge in [0.25, 0.3) is 0 Å². The third kappa shape index (κ3) is 8.43. The number of ether oxygens (including phenoxy) is 6. The summed E-state index contributed by atoms with van der Waals surface area (Å²) < 4.78 is 32.4. The van der Waals surface area contributed by atoms with Crippen molar-refractivity contribution in [3.63, 3.8) is 0 Å². The summed E-state index contributed by atoms with van der Waals surface area (Å²) >= 11 is 0. The van der Waals surface area contributed by atoms with Gasteiger partial charge in [-0.2, -0.15) is 0 Å². The summed E-state index contributed by atoms with van der Waals surface area (Å²) in [5.74, 6) is 0. The van der Waals surface area contributed by atoms with Crippen molar-refractivity contribution < 1.29 is 105 Å². The maximum absolute atomic E-state index is 10.8. The molecule has 3 rings (SSSR count). The predicted octanol–water partition coefficient (Wildman–Crippen LogP) is -10.1. The van der Waals surface area contributed by atoms with Crippen LogP contribution in [-0.4, -0.2) is 226 Å². The number of rotatable bonds is 14. The van der Waals surface area contributed by atoms with Crippen LogP contribution < -0.4 is 0 Å². The van der Waals surface area contributed by atoms with Gasteiger partial charge in [0.1, 0.15) is 97.7 Å². The van der Waals surface area contributed by atoms with Crippen LogP contribution in [0.4, 0.5) is 0 Å². The van der Waals surface area contributed by atoms with E-state index in [4.69, 9.17) is 33.5 Å². The van der Waals surface area contributed by atoms with E-state index in [0.717, 1.165) is 0 Å². The highest BCUT2D eigenvalue weighted by atomic mass is 16.8. The minimum Gasteiger partial charge on any atom is -0.394 e. The third-order valence-electron chi connectivity index (χ3n) is 7.85. The highest BCUT2D eigenvalue weighted by Crippen LogP contribution is 2.33. The molecule has 45 heavy (non-hydrogen) atoms. The molecule has 0 bridgehead atoms. The normalized spacial score (nSPS) is 45.5. The summed E-state index contributed by atoms with van der Waals surface area (Å²) in [5.41, 5.74) is 0. The van der Waals surface area contributed by atoms with Gasteiger partial charge >= 0.3 is 0 Å². The lowest BCUT2D eigenvalue weighted by Gasteiger charge is -2.48. The van der Waals surface area contributed by atoms with E-state index in [1.165, 1.54) is 0 Å². The van der Waals surface area contributed by atoms with E-state index in [1.54, 1.807) is 0 Å². The van der Waals surface area contributed by atoms with Crippen LogP contribution in [0.1, 0.15) is 0 Å². The Bertz CT molecular complexity index is 867. The van der Waals surface area contributed by atoms with Crippen molar-refractivity contribution in [1.29, 1.82) is 0 Å². The molecule has 3 aliphatic rings. The lowest BCUT2D eigenvalue weighted by molar-refractivity contribution is -0.383. The average molecular weight is 669 g/mol. The van der Waals surface area contributed by atoms with Crippen LogP contribution in [0.5, 0.6) is 0 Å². The van der Waals surface area contributed by atoms with Crippen molar-refractivity contribution in [2.24, 2.45) is 0 Å². The Labute approximate surface area is 255 Å². The van der Waals surface area contributed by atoms with Crippen molar-refractivity contribution in [3.8, 4) is 0 Å². The van der Waals surface area contributed by atoms with Gasteiger partial charge in [-0.25, -0.2) is 0 Å². The maximum atomic E-state index is 10.8. The molecule has 0 spiro atoms. The molecular weight excluding hydrogens is 624 g/mol. The molecule has 3 fully saturated rings. The predicted molar refractivity (Wildman–Crippen MR) is 136 cm³/mol. The Morgan fingerprint density at radius 3 is 1.31 bits per heavy atom. The van der Waals surface area contributed by atoms with E-state index in [0.29, 0.717) is 0 Å². The second-order valence-electron chi connectivity index (χ2n) is 10.9. The Balaban J connectivity index is 1.72. The summed E-state index contributed by atoms with van der Waals surface area (Å²) in [6.07, 6.45) is -34.8. The first kappa shape index (κ1) is 38.6. The summed E-state index contributed by atoms with van der Waals surface area (Å²) in [7, 11) is 0. The summed E-state index contributed by atoms with van der Waals surface area (Å²) in [6, 6.07) is 0. The van der Waals surface area contributed by atoms with Crippen LogP contribution in [0.15, 0.2) is 0 Å². The quantitative estimate of drug-likeness (QED) is 0.0816. The van der Waals surface area contributed by atoms with Crippen LogP contribution in [-0.2, 0) is 28.4 Å². The zero-order valence-corrected chi connectivity index (χ0v) is 23.7. The maximum Gasteiger partial charge on any atom is 0.187 e. The molecule has 19 atom stereocenters. The topological polar surface area (TPSA) is 359 Å². The molecule has 3 aliphatic heterocycles. The summed E-state index contributed by atoms with van der Waals surface area (Å²) in [5, 5.41) is 151. The monoisotopic (exact) mass is 668 g/mol. The molecule has 0 aromatic carbocycles. The molecule has 21 nitrogen and oxygen atoms in total. The molecule has 266 valence electrons. The van der Waals surface area contributed by atoms with Crippen LogP contribution in [0.2, 0.25) is 0 Å². The van der Waals surface area contributed by atoms with Gasteiger partial charge in [0, 0.05) is 0 Å². The molecule has 0 unspecified atom stereocenters. The van der Waals surface area contributed by atoms with Gasteiger partial charge in [-0.05, 0) is 0 Å². The zero-order valence-electron chi connectivity index (χ0n) is 23.7. The second kappa shape index (κ2) is 17.0. The standard InChI is InChI=1S/C24H44O21/c25-1-6(30)11(32)19(7(31)2-26)43-23-17(38)14(35)21(9(4-28)41-23)45-24-18(39)15(36)20(10(5-29)42-24)44-22-16(37)13(34)12(33)8(3-27)40-22/h6-39H,1-5H2/t6-,7+,8+,9+,10+,11+,12+,13-,14+,15+,16+,17+,18+,19+,20+,21+,22-,23-,24-/m0/s1. The first-order valence-electron chi connectivity index (χ1n) is 14.0. The van der Waals surface area contributed by atoms with Crippen LogP contribution in [0.3, 0.4) is 0 Å². The van der Waals surface area contributed by atoms with Crippen molar-refractivity contribution in [1.82, 2.24) is 0 Å². The Hall–Kier alpha value is -0.840. The van der Waals surface area contributed by atoms with Crippen LogP contribution >= 0.6 is 0 Å². The highest BCUT2D eigenvalue weighted by molar-refractivity contribution is 4.97. The molecule has 0 aromatic heterocycles. The van der Waals surface area contributed by atoms with Gasteiger partial charge in [0.15, 0.2) is 18.9 Å². The molecule has 0 saturated carbocycles. The van der Waals surface area contributed by atoms with E-state index in [2.05, 4.69) is 0 Å². The molecule has 3 heterocycles. The fourth-order valence-corrected chi connectivity index (χ4v) is 5.14. The Morgan fingerprint density at radius 1 is 0.467 bits per heavy atom. The first-order valence-corrected chi connectivity index (χ1v) is 14.0. The number of aliphatic hydroxyl groups is 15. The molecule has 0 aromatic rings. The molecule has 15 N–H and O–H groups in total. The number of hydrogen-bond acceptors (Lipinski definition) is 21. The molecule has 0 amide bonds. The lowest BCUT2D eigenvalue weighted by atomic mass is 9.96. The molecular formula is C24H44O21. The van der Waals surface area contributed by atoms with E-state index in [9.17, 15) is 71.5 Å². The number of hydrogen-bond donors (Lipinski definition) is 15. The van der Waals surface area contributed by atoms with Gasteiger partial charge in [-0.1, -0.05) is 0 Å². The van der Waals surface area contributed by atoms with E-state index >= 15 is 0 Å². The summed E-state index contributed by atoms with van der Waals surface area (Å²) in [4.78, 5) is 0. The molecule has 3 saturated heterocycles. The van der Waals surface area contributed by atoms with E-state index in [-0.39, 0.29) is 0 Å². The van der Waals surface area contributed by atoms with Gasteiger partial charge in [-0.15, -0.1) is 0 Å². The largest absolute Gasteiger partial charge is 0.394 e.